The van der Waals surface area contributed by atoms with Gasteiger partial charge in [-0.3, -0.25) is 14.6 Å². The summed E-state index contributed by atoms with van der Waals surface area (Å²) >= 11 is 0. The number of amides is 1. The molecule has 1 aliphatic heterocycles. The minimum atomic E-state index is -0.577. The van der Waals surface area contributed by atoms with E-state index in [-0.39, 0.29) is 18.3 Å². The van der Waals surface area contributed by atoms with Gasteiger partial charge in [-0.2, -0.15) is 0 Å². The van der Waals surface area contributed by atoms with Crippen LogP contribution in [0.3, 0.4) is 0 Å². The van der Waals surface area contributed by atoms with E-state index in [1.165, 1.54) is 20.0 Å². The number of aliphatic imine (C=N–C) groups is 1. The standard InChI is InChI=1S/C22H31N3O3/c1-3-4-5-6-11-24-22(27)20(23)13-19-12-18(14-25-19)16-7-9-17(10-8-16)21(26)15-28-2/h7-10,14,20H,3-6,11-13,15,23H2,1-2H3,(H,24,27)/t20-/m0/s1. The van der Waals surface area contributed by atoms with Crippen molar-refractivity contribution in [1.29, 1.82) is 0 Å². The molecule has 1 amide bonds. The van der Waals surface area contributed by atoms with Crippen LogP contribution in [-0.2, 0) is 9.53 Å². The number of Topliss-reactive ketones (excluding diaryl/α,β-unsaturated/α-hetero) is 1. The normalized spacial score (nSPS) is 14.4. The molecule has 0 aliphatic carbocycles. The average molecular weight is 386 g/mol. The minimum absolute atomic E-state index is 0.0435. The number of nitrogens with two attached hydrogens (primary N) is 1. The fraction of sp³-hybridized carbons (Fsp3) is 0.500. The van der Waals surface area contributed by atoms with Gasteiger partial charge in [0.15, 0.2) is 5.78 Å². The van der Waals surface area contributed by atoms with Crippen LogP contribution in [0.1, 0.15) is 61.4 Å². The molecule has 1 aromatic rings. The van der Waals surface area contributed by atoms with Gasteiger partial charge in [0.1, 0.15) is 6.61 Å². The predicted molar refractivity (Wildman–Crippen MR) is 112 cm³/mol. The van der Waals surface area contributed by atoms with E-state index < -0.39 is 6.04 Å². The van der Waals surface area contributed by atoms with Crippen molar-refractivity contribution < 1.29 is 14.3 Å². The Balaban J connectivity index is 1.77. The second kappa shape index (κ2) is 11.5. The van der Waals surface area contributed by atoms with Crippen molar-refractivity contribution in [3.05, 3.63) is 41.6 Å². The fourth-order valence-electron chi connectivity index (χ4n) is 3.11. The van der Waals surface area contributed by atoms with Gasteiger partial charge in [-0.15, -0.1) is 0 Å². The van der Waals surface area contributed by atoms with E-state index in [1.807, 2.05) is 18.3 Å². The number of unbranched alkanes of at least 4 members (excludes halogenated alkanes) is 3. The topological polar surface area (TPSA) is 93.8 Å². The first-order valence-corrected chi connectivity index (χ1v) is 9.95. The summed E-state index contributed by atoms with van der Waals surface area (Å²) in [4.78, 5) is 28.4. The molecule has 0 saturated heterocycles. The highest BCUT2D eigenvalue weighted by Crippen LogP contribution is 2.25. The largest absolute Gasteiger partial charge is 0.377 e. The average Bonchev–Trinajstić information content (AvgIpc) is 3.16. The molecular formula is C22H31N3O3. The third-order valence-corrected chi connectivity index (χ3v) is 4.77. The monoisotopic (exact) mass is 385 g/mol. The lowest BCUT2D eigenvalue weighted by Gasteiger charge is -2.12. The van der Waals surface area contributed by atoms with E-state index in [9.17, 15) is 9.59 Å². The Kier molecular flexibility index (Phi) is 9.04. The summed E-state index contributed by atoms with van der Waals surface area (Å²) in [7, 11) is 1.51. The summed E-state index contributed by atoms with van der Waals surface area (Å²) in [6, 6.07) is 6.85. The van der Waals surface area contributed by atoms with Crippen LogP contribution in [0, 0.1) is 0 Å². The highest BCUT2D eigenvalue weighted by molar-refractivity contribution is 6.01. The second-order valence-electron chi connectivity index (χ2n) is 7.12. The molecule has 0 spiro atoms. The number of ether oxygens (including phenoxy) is 1. The molecule has 2 rings (SSSR count). The Morgan fingerprint density at radius 2 is 1.96 bits per heavy atom. The molecule has 6 heteroatoms. The van der Waals surface area contributed by atoms with E-state index in [0.717, 1.165) is 29.7 Å². The van der Waals surface area contributed by atoms with Gasteiger partial charge in [-0.1, -0.05) is 50.5 Å². The van der Waals surface area contributed by atoms with E-state index in [0.29, 0.717) is 24.9 Å². The Morgan fingerprint density at radius 3 is 2.64 bits per heavy atom. The van der Waals surface area contributed by atoms with Gasteiger partial charge in [0.25, 0.3) is 0 Å². The molecule has 0 radical (unpaired) electrons. The number of nitrogens with one attached hydrogen (secondary N) is 1. The first-order chi connectivity index (χ1) is 13.5. The van der Waals surface area contributed by atoms with Crippen LogP contribution >= 0.6 is 0 Å². The molecule has 1 aliphatic rings. The van der Waals surface area contributed by atoms with Crippen LogP contribution in [0.15, 0.2) is 35.5 Å². The number of nitrogens with zero attached hydrogens (tertiary/aromatic N) is 1. The quantitative estimate of drug-likeness (QED) is 0.427. The zero-order valence-electron chi connectivity index (χ0n) is 16.9. The molecule has 0 bridgehead atoms. The Hall–Kier alpha value is -2.31. The molecule has 0 fully saturated rings. The highest BCUT2D eigenvalue weighted by atomic mass is 16.5. The summed E-state index contributed by atoms with van der Waals surface area (Å²) in [5.74, 6) is -0.160. The number of hydrogen-bond acceptors (Lipinski definition) is 5. The molecule has 1 atom stereocenters. The molecular weight excluding hydrogens is 354 g/mol. The molecule has 6 nitrogen and oxygen atoms in total. The smallest absolute Gasteiger partial charge is 0.237 e. The first kappa shape index (κ1) is 22.0. The molecule has 1 heterocycles. The SMILES string of the molecule is CCCCCCNC(=O)[C@@H](N)CC1=NC=C(c2ccc(C(=O)COC)cc2)C1. The summed E-state index contributed by atoms with van der Waals surface area (Å²) in [6.45, 7) is 2.92. The molecule has 0 saturated carbocycles. The number of benzene rings is 1. The van der Waals surface area contributed by atoms with Gasteiger partial charge in [0.2, 0.25) is 5.91 Å². The Bertz CT molecular complexity index is 723. The van der Waals surface area contributed by atoms with Crippen LogP contribution in [0.25, 0.3) is 5.57 Å². The summed E-state index contributed by atoms with van der Waals surface area (Å²) < 4.78 is 4.88. The lowest BCUT2D eigenvalue weighted by atomic mass is 9.98. The zero-order valence-corrected chi connectivity index (χ0v) is 16.9. The van der Waals surface area contributed by atoms with Gasteiger partial charge < -0.3 is 15.8 Å². The summed E-state index contributed by atoms with van der Waals surface area (Å²) in [6.07, 6.45) is 7.41. The zero-order chi connectivity index (χ0) is 20.4. The fourth-order valence-corrected chi connectivity index (χ4v) is 3.11. The summed E-state index contributed by atoms with van der Waals surface area (Å²) in [5.41, 5.74) is 9.65. The van der Waals surface area contributed by atoms with Crippen molar-refractivity contribution in [2.45, 2.75) is 51.5 Å². The Labute approximate surface area is 167 Å². The number of carbonyl (C=O) groups excluding carboxylic acids is 2. The third kappa shape index (κ3) is 6.69. The lowest BCUT2D eigenvalue weighted by Crippen LogP contribution is -2.42. The summed E-state index contributed by atoms with van der Waals surface area (Å²) in [5, 5.41) is 2.91. The molecule has 0 unspecified atom stereocenters. The molecule has 3 N–H and O–H groups in total. The lowest BCUT2D eigenvalue weighted by molar-refractivity contribution is -0.122. The van der Waals surface area contributed by atoms with Crippen molar-refractivity contribution in [3.8, 4) is 0 Å². The van der Waals surface area contributed by atoms with E-state index in [1.54, 1.807) is 12.1 Å². The Morgan fingerprint density at radius 1 is 1.21 bits per heavy atom. The third-order valence-electron chi connectivity index (χ3n) is 4.77. The van der Waals surface area contributed by atoms with Crippen LogP contribution in [0.2, 0.25) is 0 Å². The van der Waals surface area contributed by atoms with Crippen LogP contribution < -0.4 is 11.1 Å². The van der Waals surface area contributed by atoms with E-state index >= 15 is 0 Å². The maximum Gasteiger partial charge on any atom is 0.237 e. The number of hydrogen-bond donors (Lipinski definition) is 2. The number of rotatable bonds is 12. The van der Waals surface area contributed by atoms with Crippen molar-refractivity contribution >= 4 is 23.0 Å². The molecule has 1 aromatic carbocycles. The highest BCUT2D eigenvalue weighted by Gasteiger charge is 2.19. The van der Waals surface area contributed by atoms with Crippen molar-refractivity contribution in [1.82, 2.24) is 5.32 Å². The van der Waals surface area contributed by atoms with Gasteiger partial charge in [-0.25, -0.2) is 0 Å². The molecule has 152 valence electrons. The van der Waals surface area contributed by atoms with Gasteiger partial charge in [0, 0.05) is 44.0 Å². The van der Waals surface area contributed by atoms with E-state index in [4.69, 9.17) is 10.5 Å². The van der Waals surface area contributed by atoms with Gasteiger partial charge in [-0.05, 0) is 17.6 Å². The molecule has 0 aromatic heterocycles. The number of carbonyl (C=O) groups is 2. The number of ketones is 1. The van der Waals surface area contributed by atoms with Crippen molar-refractivity contribution in [3.63, 3.8) is 0 Å². The maximum atomic E-state index is 12.1. The minimum Gasteiger partial charge on any atom is -0.377 e. The van der Waals surface area contributed by atoms with Gasteiger partial charge >= 0.3 is 0 Å². The first-order valence-electron chi connectivity index (χ1n) is 9.95. The maximum absolute atomic E-state index is 12.1. The van der Waals surface area contributed by atoms with Crippen LogP contribution in [0.5, 0.6) is 0 Å². The number of allylic oxidation sites excluding steroid dienone is 1. The number of methoxy groups -OCH3 is 1. The van der Waals surface area contributed by atoms with Crippen molar-refractivity contribution in [2.75, 3.05) is 20.3 Å². The van der Waals surface area contributed by atoms with Gasteiger partial charge in [0.05, 0.1) is 6.04 Å². The second-order valence-corrected chi connectivity index (χ2v) is 7.12. The van der Waals surface area contributed by atoms with Crippen LogP contribution in [0.4, 0.5) is 0 Å². The van der Waals surface area contributed by atoms with Crippen molar-refractivity contribution in [2.24, 2.45) is 10.7 Å². The molecule has 28 heavy (non-hydrogen) atoms. The predicted octanol–water partition coefficient (Wildman–Crippen LogP) is 3.12. The van der Waals surface area contributed by atoms with Crippen LogP contribution in [-0.4, -0.2) is 43.7 Å². The van der Waals surface area contributed by atoms with E-state index in [2.05, 4.69) is 17.2 Å².